The first-order valence-electron chi connectivity index (χ1n) is 7.41. The summed E-state index contributed by atoms with van der Waals surface area (Å²) >= 11 is 7.77. The second-order valence-electron chi connectivity index (χ2n) is 5.52. The summed E-state index contributed by atoms with van der Waals surface area (Å²) in [6, 6.07) is 5.37. The third-order valence-electron chi connectivity index (χ3n) is 3.99. The highest BCUT2D eigenvalue weighted by molar-refractivity contribution is 7.99. The van der Waals surface area contributed by atoms with Gasteiger partial charge in [0.25, 0.3) is 0 Å². The number of aryl methyl sites for hydroxylation is 1. The van der Waals surface area contributed by atoms with Gasteiger partial charge in [0.05, 0.1) is 12.1 Å². The van der Waals surface area contributed by atoms with Crippen molar-refractivity contribution in [1.29, 1.82) is 0 Å². The van der Waals surface area contributed by atoms with E-state index >= 15 is 0 Å². The Morgan fingerprint density at radius 2 is 2.09 bits per heavy atom. The van der Waals surface area contributed by atoms with Gasteiger partial charge in [-0.25, -0.2) is 4.79 Å². The molecule has 0 atom stereocenters. The van der Waals surface area contributed by atoms with E-state index < -0.39 is 11.5 Å². The van der Waals surface area contributed by atoms with E-state index in [1.807, 2.05) is 6.07 Å². The zero-order valence-corrected chi connectivity index (χ0v) is 14.5. The van der Waals surface area contributed by atoms with Crippen molar-refractivity contribution in [2.45, 2.75) is 31.2 Å². The summed E-state index contributed by atoms with van der Waals surface area (Å²) < 4.78 is 5.09. The summed E-state index contributed by atoms with van der Waals surface area (Å²) in [6.07, 6.45) is 1.66. The lowest BCUT2D eigenvalue weighted by Gasteiger charge is -2.33. The molecular formula is C16H20ClNO4S. The highest BCUT2D eigenvalue weighted by atomic mass is 35.5. The van der Waals surface area contributed by atoms with Crippen LogP contribution >= 0.6 is 23.4 Å². The van der Waals surface area contributed by atoms with Crippen LogP contribution in [0.15, 0.2) is 18.2 Å². The van der Waals surface area contributed by atoms with Gasteiger partial charge >= 0.3 is 5.97 Å². The molecule has 0 saturated carbocycles. The number of nitrogens with one attached hydrogen (secondary N) is 1. The van der Waals surface area contributed by atoms with E-state index in [1.165, 1.54) is 0 Å². The third kappa shape index (κ3) is 4.54. The first kappa shape index (κ1) is 17.9. The molecule has 1 aromatic rings. The smallest absolute Gasteiger partial charge is 0.329 e. The highest BCUT2D eigenvalue weighted by Crippen LogP contribution is 2.28. The summed E-state index contributed by atoms with van der Waals surface area (Å²) in [7, 11) is 1.54. The van der Waals surface area contributed by atoms with Crippen molar-refractivity contribution >= 4 is 35.2 Å². The van der Waals surface area contributed by atoms with Crippen LogP contribution in [-0.2, 0) is 16.0 Å². The van der Waals surface area contributed by atoms with E-state index in [0.29, 0.717) is 30.0 Å². The number of amides is 1. The van der Waals surface area contributed by atoms with Crippen LogP contribution in [-0.4, -0.2) is 41.1 Å². The lowest BCUT2D eigenvalue weighted by atomic mass is 9.92. The van der Waals surface area contributed by atoms with Gasteiger partial charge in [-0.3, -0.25) is 4.79 Å². The number of aliphatic carboxylic acids is 1. The number of halogens is 1. The molecule has 1 aromatic carbocycles. The second kappa shape index (κ2) is 7.93. The number of methoxy groups -OCH3 is 1. The van der Waals surface area contributed by atoms with Crippen molar-refractivity contribution in [3.05, 3.63) is 28.8 Å². The maximum absolute atomic E-state index is 12.2. The van der Waals surface area contributed by atoms with E-state index in [4.69, 9.17) is 16.3 Å². The van der Waals surface area contributed by atoms with Crippen molar-refractivity contribution in [1.82, 2.24) is 5.32 Å². The molecule has 126 valence electrons. The largest absolute Gasteiger partial charge is 0.495 e. The molecule has 0 aliphatic carbocycles. The maximum atomic E-state index is 12.2. The number of benzene rings is 1. The predicted octanol–water partition coefficient (Wildman–Crippen LogP) is 2.75. The minimum atomic E-state index is -1.11. The number of thioether (sulfide) groups is 1. The Hall–Kier alpha value is -1.40. The fraction of sp³-hybridized carbons (Fsp3) is 0.500. The number of carbonyl (C=O) groups is 2. The molecule has 0 unspecified atom stereocenters. The monoisotopic (exact) mass is 357 g/mol. The SMILES string of the molecule is COc1ccc(CCC(=O)NC2(C(=O)O)CCSCC2)cc1Cl. The molecule has 7 heteroatoms. The van der Waals surface area contributed by atoms with E-state index in [0.717, 1.165) is 17.1 Å². The van der Waals surface area contributed by atoms with E-state index in [9.17, 15) is 14.7 Å². The quantitative estimate of drug-likeness (QED) is 0.818. The molecule has 2 rings (SSSR count). The Morgan fingerprint density at radius 1 is 1.39 bits per heavy atom. The van der Waals surface area contributed by atoms with Crippen molar-refractivity contribution < 1.29 is 19.4 Å². The normalized spacial score (nSPS) is 16.6. The fourth-order valence-corrected chi connectivity index (χ4v) is 4.03. The lowest BCUT2D eigenvalue weighted by molar-refractivity contribution is -0.148. The summed E-state index contributed by atoms with van der Waals surface area (Å²) in [4.78, 5) is 23.7. The Kier molecular flexibility index (Phi) is 6.18. The molecule has 1 aliphatic heterocycles. The van der Waals surface area contributed by atoms with Crippen LogP contribution in [0.4, 0.5) is 0 Å². The fourth-order valence-electron chi connectivity index (χ4n) is 2.56. The number of hydrogen-bond donors (Lipinski definition) is 2. The summed E-state index contributed by atoms with van der Waals surface area (Å²) in [6.45, 7) is 0. The van der Waals surface area contributed by atoms with Crippen LogP contribution in [0.5, 0.6) is 5.75 Å². The minimum Gasteiger partial charge on any atom is -0.495 e. The highest BCUT2D eigenvalue weighted by Gasteiger charge is 2.41. The van der Waals surface area contributed by atoms with E-state index in [-0.39, 0.29) is 12.3 Å². The molecule has 0 radical (unpaired) electrons. The Morgan fingerprint density at radius 3 is 2.65 bits per heavy atom. The molecule has 0 bridgehead atoms. The van der Waals surface area contributed by atoms with Gasteiger partial charge in [0, 0.05) is 6.42 Å². The van der Waals surface area contributed by atoms with Crippen LogP contribution in [0, 0.1) is 0 Å². The zero-order valence-electron chi connectivity index (χ0n) is 12.9. The number of ether oxygens (including phenoxy) is 1. The number of hydrogen-bond acceptors (Lipinski definition) is 4. The third-order valence-corrected chi connectivity index (χ3v) is 5.27. The molecule has 1 fully saturated rings. The van der Waals surface area contributed by atoms with Crippen LogP contribution in [0.3, 0.4) is 0 Å². The molecule has 0 aromatic heterocycles. The van der Waals surface area contributed by atoms with Crippen molar-refractivity contribution in [3.63, 3.8) is 0 Å². The van der Waals surface area contributed by atoms with Crippen LogP contribution in [0.25, 0.3) is 0 Å². The zero-order chi connectivity index (χ0) is 16.9. The predicted molar refractivity (Wildman–Crippen MR) is 91.4 cm³/mol. The standard InChI is InChI=1S/C16H20ClNO4S/c1-22-13-4-2-11(10-12(13)17)3-5-14(19)18-16(15(20)21)6-8-23-9-7-16/h2,4,10H,3,5-9H2,1H3,(H,18,19)(H,20,21). The summed E-state index contributed by atoms with van der Waals surface area (Å²) in [5, 5.41) is 12.7. The Bertz CT molecular complexity index is 587. The molecule has 0 spiro atoms. The van der Waals surface area contributed by atoms with Crippen molar-refractivity contribution in [2.24, 2.45) is 0 Å². The number of rotatable bonds is 6. The average molecular weight is 358 g/mol. The first-order chi connectivity index (χ1) is 11.0. The molecule has 1 saturated heterocycles. The van der Waals surface area contributed by atoms with Crippen molar-refractivity contribution in [2.75, 3.05) is 18.6 Å². The first-order valence-corrected chi connectivity index (χ1v) is 8.95. The molecular weight excluding hydrogens is 338 g/mol. The maximum Gasteiger partial charge on any atom is 0.329 e. The summed E-state index contributed by atoms with van der Waals surface area (Å²) in [5.74, 6) is 0.899. The minimum absolute atomic E-state index is 0.227. The van der Waals surface area contributed by atoms with Crippen LogP contribution in [0.1, 0.15) is 24.8 Å². The van der Waals surface area contributed by atoms with Crippen LogP contribution < -0.4 is 10.1 Å². The van der Waals surface area contributed by atoms with Crippen LogP contribution in [0.2, 0.25) is 5.02 Å². The van der Waals surface area contributed by atoms with E-state index in [1.54, 1.807) is 31.0 Å². The van der Waals surface area contributed by atoms with Crippen molar-refractivity contribution in [3.8, 4) is 5.75 Å². The molecule has 1 aliphatic rings. The molecule has 2 N–H and O–H groups in total. The Labute approximate surface area is 144 Å². The van der Waals surface area contributed by atoms with E-state index in [2.05, 4.69) is 5.32 Å². The van der Waals surface area contributed by atoms with Gasteiger partial charge in [0.1, 0.15) is 11.3 Å². The average Bonchev–Trinajstić information content (AvgIpc) is 2.54. The van der Waals surface area contributed by atoms with Gasteiger partial charge in [-0.1, -0.05) is 17.7 Å². The molecule has 23 heavy (non-hydrogen) atoms. The molecule has 1 amide bonds. The summed E-state index contributed by atoms with van der Waals surface area (Å²) in [5.41, 5.74) is -0.200. The molecule has 5 nitrogen and oxygen atoms in total. The lowest BCUT2D eigenvalue weighted by Crippen LogP contribution is -2.56. The van der Waals surface area contributed by atoms with Gasteiger partial charge in [-0.15, -0.1) is 0 Å². The van der Waals surface area contributed by atoms with Gasteiger partial charge in [-0.05, 0) is 48.5 Å². The van der Waals surface area contributed by atoms with Gasteiger partial charge < -0.3 is 15.2 Å². The van der Waals surface area contributed by atoms with Gasteiger partial charge in [-0.2, -0.15) is 11.8 Å². The molecule has 1 heterocycles. The number of carbonyl (C=O) groups excluding carboxylic acids is 1. The second-order valence-corrected chi connectivity index (χ2v) is 7.15. The Balaban J connectivity index is 1.94. The number of carboxylic acids is 1. The number of carboxylic acid groups (broad SMARTS) is 1. The van der Waals surface area contributed by atoms with Gasteiger partial charge in [0.15, 0.2) is 0 Å². The van der Waals surface area contributed by atoms with Gasteiger partial charge in [0.2, 0.25) is 5.91 Å². The topological polar surface area (TPSA) is 75.6 Å².